The highest BCUT2D eigenvalue weighted by Gasteiger charge is 2.54. The summed E-state index contributed by atoms with van der Waals surface area (Å²) in [5, 5.41) is 13.7. The molecule has 0 amide bonds. The van der Waals surface area contributed by atoms with Gasteiger partial charge in [0, 0.05) is 17.1 Å². The lowest BCUT2D eigenvalue weighted by Gasteiger charge is -2.33. The zero-order valence-electron chi connectivity index (χ0n) is 10.2. The van der Waals surface area contributed by atoms with E-state index in [1.165, 1.54) is 6.07 Å². The molecular formula is C13H18ClFN2O. The molecule has 1 aliphatic carbocycles. The largest absolute Gasteiger partial charge is 0.396 e. The highest BCUT2D eigenvalue weighted by atomic mass is 35.5. The second-order valence-electron chi connectivity index (χ2n) is 5.59. The molecule has 0 unspecified atom stereocenters. The van der Waals surface area contributed by atoms with E-state index in [1.54, 1.807) is 12.1 Å². The van der Waals surface area contributed by atoms with Crippen molar-refractivity contribution in [2.24, 2.45) is 5.92 Å². The van der Waals surface area contributed by atoms with Crippen molar-refractivity contribution in [3.8, 4) is 0 Å². The minimum atomic E-state index is -0.812. The minimum Gasteiger partial charge on any atom is -0.396 e. The van der Waals surface area contributed by atoms with Crippen LogP contribution in [0.15, 0.2) is 18.2 Å². The van der Waals surface area contributed by atoms with Gasteiger partial charge in [-0.05, 0) is 31.7 Å². The Labute approximate surface area is 112 Å². The fraction of sp³-hybridized carbons (Fsp3) is 0.538. The smallest absolute Gasteiger partial charge is 0.151 e. The fourth-order valence-corrected chi connectivity index (χ4v) is 3.32. The molecule has 2 bridgehead atoms. The Bertz CT molecular complexity index is 462. The maximum absolute atomic E-state index is 13.8. The first-order valence-electron chi connectivity index (χ1n) is 6.00. The van der Waals surface area contributed by atoms with Gasteiger partial charge in [-0.25, -0.2) is 4.39 Å². The van der Waals surface area contributed by atoms with Gasteiger partial charge >= 0.3 is 0 Å². The third kappa shape index (κ3) is 1.88. The standard InChI is InChI=1S/C13H17FN2O.ClH/c1-13-5-7(6-13)11(16-13)12(17)8-3-2-4-9(15)10(8)14;/h2-4,7,11-12,16-17H,5-6,15H2,1H3;1H/t7?,11-,12-,13?;/m0./s1. The number of aliphatic hydroxyl groups is 1. The van der Waals surface area contributed by atoms with Gasteiger partial charge in [0.25, 0.3) is 0 Å². The van der Waals surface area contributed by atoms with E-state index in [0.717, 1.165) is 12.8 Å². The molecule has 1 aromatic carbocycles. The molecule has 2 atom stereocenters. The van der Waals surface area contributed by atoms with Crippen LogP contribution in [0.4, 0.5) is 10.1 Å². The molecule has 18 heavy (non-hydrogen) atoms. The Morgan fingerprint density at radius 3 is 2.72 bits per heavy atom. The highest BCUT2D eigenvalue weighted by molar-refractivity contribution is 5.85. The average molecular weight is 273 g/mol. The van der Waals surface area contributed by atoms with Crippen LogP contribution in [-0.2, 0) is 0 Å². The number of anilines is 1. The van der Waals surface area contributed by atoms with Crippen molar-refractivity contribution < 1.29 is 9.50 Å². The van der Waals surface area contributed by atoms with Gasteiger partial charge in [0.1, 0.15) is 0 Å². The molecule has 0 spiro atoms. The van der Waals surface area contributed by atoms with Crippen LogP contribution in [0.1, 0.15) is 31.4 Å². The number of hydrogen-bond acceptors (Lipinski definition) is 3. The van der Waals surface area contributed by atoms with Crippen molar-refractivity contribution >= 4 is 18.1 Å². The number of hydrogen-bond donors (Lipinski definition) is 3. The van der Waals surface area contributed by atoms with Crippen molar-refractivity contribution in [3.05, 3.63) is 29.6 Å². The van der Waals surface area contributed by atoms with Gasteiger partial charge in [0.15, 0.2) is 5.82 Å². The zero-order chi connectivity index (χ0) is 12.2. The van der Waals surface area contributed by atoms with E-state index in [9.17, 15) is 9.50 Å². The molecule has 100 valence electrons. The Kier molecular flexibility index (Phi) is 3.30. The van der Waals surface area contributed by atoms with Crippen molar-refractivity contribution in [1.82, 2.24) is 5.32 Å². The van der Waals surface area contributed by atoms with E-state index < -0.39 is 11.9 Å². The van der Waals surface area contributed by atoms with Crippen molar-refractivity contribution in [2.45, 2.75) is 37.5 Å². The van der Waals surface area contributed by atoms with Crippen LogP contribution >= 0.6 is 12.4 Å². The van der Waals surface area contributed by atoms with Gasteiger partial charge in [0.2, 0.25) is 0 Å². The van der Waals surface area contributed by atoms with Crippen molar-refractivity contribution in [2.75, 3.05) is 5.73 Å². The summed E-state index contributed by atoms with van der Waals surface area (Å²) in [6.07, 6.45) is 1.32. The number of nitrogens with two attached hydrogens (primary N) is 1. The molecule has 1 saturated carbocycles. The van der Waals surface area contributed by atoms with E-state index in [-0.39, 0.29) is 29.7 Å². The van der Waals surface area contributed by atoms with Gasteiger partial charge in [-0.15, -0.1) is 12.4 Å². The first-order valence-corrected chi connectivity index (χ1v) is 6.00. The lowest BCUT2D eigenvalue weighted by molar-refractivity contribution is 0.118. The molecule has 2 saturated heterocycles. The summed E-state index contributed by atoms with van der Waals surface area (Å²) in [6, 6.07) is 4.75. The average Bonchev–Trinajstić information content (AvgIpc) is 2.74. The predicted molar refractivity (Wildman–Crippen MR) is 71.1 cm³/mol. The van der Waals surface area contributed by atoms with Gasteiger partial charge in [0.05, 0.1) is 11.8 Å². The van der Waals surface area contributed by atoms with E-state index in [2.05, 4.69) is 12.2 Å². The van der Waals surface area contributed by atoms with Gasteiger partial charge in [-0.1, -0.05) is 12.1 Å². The quantitative estimate of drug-likeness (QED) is 0.722. The number of nitrogens with one attached hydrogen (secondary N) is 1. The predicted octanol–water partition coefficient (Wildman–Crippen LogP) is 2.00. The number of halogens is 2. The summed E-state index contributed by atoms with van der Waals surface area (Å²) in [5.41, 5.74) is 6.07. The fourth-order valence-electron chi connectivity index (χ4n) is 3.32. The molecule has 3 nitrogen and oxygen atoms in total. The van der Waals surface area contributed by atoms with Crippen LogP contribution in [-0.4, -0.2) is 16.7 Å². The monoisotopic (exact) mass is 272 g/mol. The summed E-state index contributed by atoms with van der Waals surface area (Å²) >= 11 is 0. The molecule has 3 fully saturated rings. The molecule has 3 aliphatic rings. The third-order valence-corrected chi connectivity index (χ3v) is 4.17. The maximum Gasteiger partial charge on any atom is 0.151 e. The third-order valence-electron chi connectivity index (χ3n) is 4.17. The summed E-state index contributed by atoms with van der Waals surface area (Å²) in [4.78, 5) is 0. The van der Waals surface area contributed by atoms with Crippen molar-refractivity contribution in [3.63, 3.8) is 0 Å². The highest BCUT2D eigenvalue weighted by Crippen LogP contribution is 2.50. The number of benzene rings is 1. The second-order valence-corrected chi connectivity index (χ2v) is 5.59. The van der Waals surface area contributed by atoms with Gasteiger partial charge in [-0.2, -0.15) is 0 Å². The Morgan fingerprint density at radius 1 is 1.50 bits per heavy atom. The van der Waals surface area contributed by atoms with Crippen LogP contribution in [0.3, 0.4) is 0 Å². The molecule has 4 rings (SSSR count). The van der Waals surface area contributed by atoms with Gasteiger partial charge < -0.3 is 16.2 Å². The van der Waals surface area contributed by atoms with Crippen LogP contribution in [0.25, 0.3) is 0 Å². The first-order chi connectivity index (χ1) is 8.00. The lowest BCUT2D eigenvalue weighted by Crippen LogP contribution is -2.40. The van der Waals surface area contributed by atoms with Crippen LogP contribution in [0.2, 0.25) is 0 Å². The topological polar surface area (TPSA) is 58.3 Å². The summed E-state index contributed by atoms with van der Waals surface area (Å²) < 4.78 is 13.8. The van der Waals surface area contributed by atoms with E-state index in [0.29, 0.717) is 11.5 Å². The summed E-state index contributed by atoms with van der Waals surface area (Å²) in [5.74, 6) is -0.0353. The summed E-state index contributed by atoms with van der Waals surface area (Å²) in [6.45, 7) is 2.14. The SMILES string of the molecule is CC12CC(C1)[C@@H]([C@@H](O)c1cccc(N)c1F)N2.Cl. The van der Waals surface area contributed by atoms with E-state index in [1.807, 2.05) is 0 Å². The molecule has 0 aromatic heterocycles. The number of fused-ring (bicyclic) bond motifs is 1. The molecule has 4 N–H and O–H groups in total. The van der Waals surface area contributed by atoms with Crippen LogP contribution in [0, 0.1) is 11.7 Å². The Balaban J connectivity index is 0.00000120. The van der Waals surface area contributed by atoms with E-state index in [4.69, 9.17) is 5.73 Å². The number of rotatable bonds is 2. The van der Waals surface area contributed by atoms with Crippen LogP contribution in [0.5, 0.6) is 0 Å². The molecule has 0 radical (unpaired) electrons. The van der Waals surface area contributed by atoms with Crippen LogP contribution < -0.4 is 11.1 Å². The molecule has 1 aromatic rings. The normalized spacial score (nSPS) is 34.6. The molecule has 2 aliphatic heterocycles. The number of nitrogen functional groups attached to an aromatic ring is 1. The lowest BCUT2D eigenvalue weighted by atomic mass is 9.72. The van der Waals surface area contributed by atoms with Gasteiger partial charge in [-0.3, -0.25) is 0 Å². The maximum atomic E-state index is 13.8. The first kappa shape index (κ1) is 13.6. The second kappa shape index (κ2) is 4.37. The van der Waals surface area contributed by atoms with Crippen molar-refractivity contribution in [1.29, 1.82) is 0 Å². The molecule has 2 heterocycles. The zero-order valence-corrected chi connectivity index (χ0v) is 11.0. The minimum absolute atomic E-state index is 0. The molecular weight excluding hydrogens is 255 g/mol. The summed E-state index contributed by atoms with van der Waals surface area (Å²) in [7, 11) is 0. The number of aliphatic hydroxyl groups excluding tert-OH is 1. The van der Waals surface area contributed by atoms with E-state index >= 15 is 0 Å². The molecule has 5 heteroatoms. The Hall–Kier alpha value is -0.840. The Morgan fingerprint density at radius 2 is 2.17 bits per heavy atom.